The molecule has 0 aliphatic carbocycles. The highest BCUT2D eigenvalue weighted by atomic mass is 35.5. The molecule has 1 atom stereocenters. The van der Waals surface area contributed by atoms with Crippen LogP contribution >= 0.6 is 11.6 Å². The van der Waals surface area contributed by atoms with Crippen molar-refractivity contribution in [2.45, 2.75) is 19.6 Å². The second-order valence-electron chi connectivity index (χ2n) is 3.87. The molecule has 1 N–H and O–H groups in total. The normalized spacial score (nSPS) is 12.1. The number of rotatable bonds is 4. The first kappa shape index (κ1) is 13.8. The number of ether oxygens (including phenoxy) is 1. The molecule has 0 bridgehead atoms. The van der Waals surface area contributed by atoms with Gasteiger partial charge >= 0.3 is 0 Å². The van der Waals surface area contributed by atoms with E-state index in [2.05, 4.69) is 0 Å². The molecule has 1 aromatic rings. The monoisotopic (exact) mass is 257 g/mol. The van der Waals surface area contributed by atoms with Crippen molar-refractivity contribution in [1.29, 1.82) is 0 Å². The van der Waals surface area contributed by atoms with Gasteiger partial charge in [-0.3, -0.25) is 4.79 Å². The van der Waals surface area contributed by atoms with Crippen LogP contribution in [0, 0.1) is 0 Å². The third-order valence-corrected chi connectivity index (χ3v) is 2.68. The molecule has 5 heteroatoms. The summed E-state index contributed by atoms with van der Waals surface area (Å²) >= 11 is 5.92. The molecule has 0 saturated carbocycles. The number of likely N-dealkylation sites (N-methyl/N-ethyl adjacent to an activating group) is 1. The molecule has 1 aromatic carbocycles. The van der Waals surface area contributed by atoms with Crippen LogP contribution in [0.15, 0.2) is 18.2 Å². The Kier molecular flexibility index (Phi) is 4.78. The molecule has 0 spiro atoms. The quantitative estimate of drug-likeness (QED) is 0.893. The number of amides is 1. The lowest BCUT2D eigenvalue weighted by Crippen LogP contribution is -2.35. The van der Waals surface area contributed by atoms with Crippen molar-refractivity contribution in [3.63, 3.8) is 0 Å². The molecule has 94 valence electrons. The third-order valence-electron chi connectivity index (χ3n) is 2.33. The van der Waals surface area contributed by atoms with Crippen molar-refractivity contribution in [1.82, 2.24) is 4.90 Å². The van der Waals surface area contributed by atoms with Gasteiger partial charge in [0, 0.05) is 24.7 Å². The Morgan fingerprint density at radius 1 is 1.53 bits per heavy atom. The highest BCUT2D eigenvalue weighted by molar-refractivity contribution is 6.31. The van der Waals surface area contributed by atoms with Crippen LogP contribution in [0.4, 0.5) is 0 Å². The number of halogens is 1. The predicted molar refractivity (Wildman–Crippen MR) is 66.2 cm³/mol. The van der Waals surface area contributed by atoms with Crippen LogP contribution in [0.2, 0.25) is 5.02 Å². The zero-order valence-corrected chi connectivity index (χ0v) is 10.9. The Balaban J connectivity index is 2.88. The maximum atomic E-state index is 11.6. The molecule has 1 unspecified atom stereocenters. The van der Waals surface area contributed by atoms with Crippen molar-refractivity contribution in [3.8, 4) is 5.75 Å². The molecule has 0 aliphatic rings. The van der Waals surface area contributed by atoms with Gasteiger partial charge in [0.15, 0.2) is 6.10 Å². The van der Waals surface area contributed by atoms with Crippen molar-refractivity contribution < 1.29 is 14.6 Å². The number of aliphatic hydroxyl groups excluding tert-OH is 1. The first-order valence-corrected chi connectivity index (χ1v) is 5.61. The lowest BCUT2D eigenvalue weighted by molar-refractivity contribution is -0.135. The van der Waals surface area contributed by atoms with Gasteiger partial charge in [0.05, 0.1) is 6.61 Å². The largest absolute Gasteiger partial charge is 0.480 e. The van der Waals surface area contributed by atoms with Crippen molar-refractivity contribution >= 4 is 17.5 Å². The zero-order valence-electron chi connectivity index (χ0n) is 10.1. The standard InChI is InChI=1S/C12H16ClNO3/c1-8(12(16)14(2)3)17-11-6-4-5-10(13)9(11)7-15/h4-6,8,15H,7H2,1-3H3. The van der Waals surface area contributed by atoms with Crippen LogP contribution in [0.3, 0.4) is 0 Å². The second-order valence-corrected chi connectivity index (χ2v) is 4.27. The van der Waals surface area contributed by atoms with E-state index < -0.39 is 6.10 Å². The molecule has 0 aliphatic heterocycles. The molecule has 0 aromatic heterocycles. The van der Waals surface area contributed by atoms with Gasteiger partial charge in [0.1, 0.15) is 5.75 Å². The Labute approximate surface area is 106 Å². The third kappa shape index (κ3) is 3.35. The Morgan fingerprint density at radius 2 is 2.18 bits per heavy atom. The SMILES string of the molecule is CC(Oc1cccc(Cl)c1CO)C(=O)N(C)C. The number of hydrogen-bond donors (Lipinski definition) is 1. The van der Waals surface area contributed by atoms with Crippen LogP contribution in [-0.4, -0.2) is 36.1 Å². The summed E-state index contributed by atoms with van der Waals surface area (Å²) in [5.41, 5.74) is 0.493. The van der Waals surface area contributed by atoms with Crippen LogP contribution in [-0.2, 0) is 11.4 Å². The number of benzene rings is 1. The minimum atomic E-state index is -0.617. The van der Waals surface area contributed by atoms with E-state index >= 15 is 0 Å². The van der Waals surface area contributed by atoms with E-state index in [9.17, 15) is 9.90 Å². The van der Waals surface area contributed by atoms with E-state index in [1.165, 1.54) is 4.90 Å². The van der Waals surface area contributed by atoms with Gasteiger partial charge in [-0.1, -0.05) is 17.7 Å². The molecule has 0 saturated heterocycles. The van der Waals surface area contributed by atoms with Gasteiger partial charge in [-0.25, -0.2) is 0 Å². The van der Waals surface area contributed by atoms with Gasteiger partial charge in [0.25, 0.3) is 5.91 Å². The van der Waals surface area contributed by atoms with Crippen molar-refractivity contribution in [2.24, 2.45) is 0 Å². The highest BCUT2D eigenvalue weighted by Crippen LogP contribution is 2.27. The summed E-state index contributed by atoms with van der Waals surface area (Å²) in [5.74, 6) is 0.288. The summed E-state index contributed by atoms with van der Waals surface area (Å²) in [6, 6.07) is 5.05. The van der Waals surface area contributed by atoms with Gasteiger partial charge in [-0.05, 0) is 19.1 Å². The smallest absolute Gasteiger partial charge is 0.262 e. The number of aliphatic hydroxyl groups is 1. The average molecular weight is 258 g/mol. The molecule has 4 nitrogen and oxygen atoms in total. The van der Waals surface area contributed by atoms with Crippen LogP contribution < -0.4 is 4.74 Å². The molecule has 0 heterocycles. The first-order valence-electron chi connectivity index (χ1n) is 5.23. The van der Waals surface area contributed by atoms with Crippen LogP contribution in [0.1, 0.15) is 12.5 Å². The summed E-state index contributed by atoms with van der Waals surface area (Å²) < 4.78 is 5.50. The van der Waals surface area contributed by atoms with Gasteiger partial charge in [-0.15, -0.1) is 0 Å². The fourth-order valence-corrected chi connectivity index (χ4v) is 1.63. The predicted octanol–water partition coefficient (Wildman–Crippen LogP) is 1.69. The van der Waals surface area contributed by atoms with Crippen LogP contribution in [0.5, 0.6) is 5.75 Å². The van der Waals surface area contributed by atoms with Crippen molar-refractivity contribution in [2.75, 3.05) is 14.1 Å². The number of nitrogens with zero attached hydrogens (tertiary/aromatic N) is 1. The Hall–Kier alpha value is -1.26. The van der Waals surface area contributed by atoms with E-state index in [-0.39, 0.29) is 12.5 Å². The molecular formula is C12H16ClNO3. The van der Waals surface area contributed by atoms with E-state index in [4.69, 9.17) is 16.3 Å². The van der Waals surface area contributed by atoms with Gasteiger partial charge in [0.2, 0.25) is 0 Å². The fourth-order valence-electron chi connectivity index (χ4n) is 1.41. The van der Waals surface area contributed by atoms with Gasteiger partial charge in [-0.2, -0.15) is 0 Å². The van der Waals surface area contributed by atoms with E-state index in [1.807, 2.05) is 0 Å². The molecule has 0 fully saturated rings. The van der Waals surface area contributed by atoms with Crippen LogP contribution in [0.25, 0.3) is 0 Å². The molecule has 0 radical (unpaired) electrons. The van der Waals surface area contributed by atoms with E-state index in [1.54, 1.807) is 39.2 Å². The number of hydrogen-bond acceptors (Lipinski definition) is 3. The fraction of sp³-hybridized carbons (Fsp3) is 0.417. The number of carbonyl (C=O) groups is 1. The second kappa shape index (κ2) is 5.89. The maximum Gasteiger partial charge on any atom is 0.262 e. The van der Waals surface area contributed by atoms with E-state index in [0.29, 0.717) is 16.3 Å². The summed E-state index contributed by atoms with van der Waals surface area (Å²) in [4.78, 5) is 13.1. The number of carbonyl (C=O) groups excluding carboxylic acids is 1. The van der Waals surface area contributed by atoms with E-state index in [0.717, 1.165) is 0 Å². The van der Waals surface area contributed by atoms with Crippen molar-refractivity contribution in [3.05, 3.63) is 28.8 Å². The molecule has 1 amide bonds. The Morgan fingerprint density at radius 3 is 2.71 bits per heavy atom. The zero-order chi connectivity index (χ0) is 13.0. The lowest BCUT2D eigenvalue weighted by atomic mass is 10.2. The highest BCUT2D eigenvalue weighted by Gasteiger charge is 2.18. The molecular weight excluding hydrogens is 242 g/mol. The minimum Gasteiger partial charge on any atom is -0.480 e. The molecule has 1 rings (SSSR count). The first-order chi connectivity index (χ1) is 7.97. The Bertz CT molecular complexity index is 407. The lowest BCUT2D eigenvalue weighted by Gasteiger charge is -2.20. The summed E-state index contributed by atoms with van der Waals surface area (Å²) in [5, 5.41) is 9.63. The summed E-state index contributed by atoms with van der Waals surface area (Å²) in [7, 11) is 3.32. The topological polar surface area (TPSA) is 49.8 Å². The van der Waals surface area contributed by atoms with Gasteiger partial charge < -0.3 is 14.7 Å². The maximum absolute atomic E-state index is 11.6. The average Bonchev–Trinajstić information content (AvgIpc) is 2.28. The minimum absolute atomic E-state index is 0.145. The molecule has 17 heavy (non-hydrogen) atoms. The summed E-state index contributed by atoms with van der Waals surface area (Å²) in [6.07, 6.45) is -0.617. The summed E-state index contributed by atoms with van der Waals surface area (Å²) in [6.45, 7) is 1.43.